The number of thiazole rings is 1. The van der Waals surface area contributed by atoms with E-state index in [0.717, 1.165) is 15.3 Å². The SMILES string of the molecule is N#Cc1ccc(SCCC(=O)Nc2ncc(-c3ccccc3)s2)cc1. The maximum absolute atomic E-state index is 12.0. The van der Waals surface area contributed by atoms with Gasteiger partial charge < -0.3 is 5.32 Å². The summed E-state index contributed by atoms with van der Waals surface area (Å²) < 4.78 is 0. The molecule has 25 heavy (non-hydrogen) atoms. The predicted molar refractivity (Wildman–Crippen MR) is 103 cm³/mol. The summed E-state index contributed by atoms with van der Waals surface area (Å²) in [5.74, 6) is 0.629. The lowest BCUT2D eigenvalue weighted by molar-refractivity contribution is -0.115. The van der Waals surface area contributed by atoms with Gasteiger partial charge in [0.05, 0.1) is 16.5 Å². The fraction of sp³-hybridized carbons (Fsp3) is 0.105. The minimum Gasteiger partial charge on any atom is -0.302 e. The zero-order chi connectivity index (χ0) is 17.5. The van der Waals surface area contributed by atoms with Gasteiger partial charge in [-0.1, -0.05) is 41.7 Å². The summed E-state index contributed by atoms with van der Waals surface area (Å²) in [7, 11) is 0. The number of carbonyl (C=O) groups is 1. The summed E-state index contributed by atoms with van der Waals surface area (Å²) in [6, 6.07) is 19.4. The number of amides is 1. The van der Waals surface area contributed by atoms with Gasteiger partial charge in [-0.25, -0.2) is 4.98 Å². The third-order valence-corrected chi connectivity index (χ3v) is 5.37. The lowest BCUT2D eigenvalue weighted by Crippen LogP contribution is -2.11. The van der Waals surface area contributed by atoms with Crippen LogP contribution in [0.2, 0.25) is 0 Å². The van der Waals surface area contributed by atoms with Crippen LogP contribution < -0.4 is 5.32 Å². The Morgan fingerprint density at radius 2 is 1.92 bits per heavy atom. The number of aromatic nitrogens is 1. The molecule has 0 aliphatic carbocycles. The summed E-state index contributed by atoms with van der Waals surface area (Å²) in [6.07, 6.45) is 2.19. The maximum atomic E-state index is 12.0. The molecule has 124 valence electrons. The third kappa shape index (κ3) is 4.92. The van der Waals surface area contributed by atoms with Crippen LogP contribution in [0.1, 0.15) is 12.0 Å². The first-order valence-electron chi connectivity index (χ1n) is 7.68. The Hall–Kier alpha value is -2.62. The highest BCUT2D eigenvalue weighted by Crippen LogP contribution is 2.28. The van der Waals surface area contributed by atoms with Gasteiger partial charge in [-0.2, -0.15) is 5.26 Å². The molecule has 0 bridgehead atoms. The fourth-order valence-electron chi connectivity index (χ4n) is 2.14. The molecule has 0 radical (unpaired) electrons. The van der Waals surface area contributed by atoms with Crippen LogP contribution in [-0.2, 0) is 4.79 Å². The quantitative estimate of drug-likeness (QED) is 0.637. The van der Waals surface area contributed by atoms with E-state index in [9.17, 15) is 4.79 Å². The van der Waals surface area contributed by atoms with Crippen LogP contribution in [0.15, 0.2) is 65.7 Å². The molecule has 0 fully saturated rings. The maximum Gasteiger partial charge on any atom is 0.226 e. The first-order valence-corrected chi connectivity index (χ1v) is 9.49. The Labute approximate surface area is 154 Å². The normalized spacial score (nSPS) is 10.2. The van der Waals surface area contributed by atoms with Gasteiger partial charge >= 0.3 is 0 Å². The molecule has 0 saturated heterocycles. The molecule has 0 spiro atoms. The van der Waals surface area contributed by atoms with E-state index in [2.05, 4.69) is 16.4 Å². The molecule has 2 aromatic carbocycles. The first kappa shape index (κ1) is 17.2. The smallest absolute Gasteiger partial charge is 0.226 e. The molecule has 1 aromatic heterocycles. The van der Waals surface area contributed by atoms with Crippen LogP contribution in [0.5, 0.6) is 0 Å². The molecule has 0 atom stereocenters. The zero-order valence-electron chi connectivity index (χ0n) is 13.3. The molecule has 3 rings (SSSR count). The van der Waals surface area contributed by atoms with E-state index in [-0.39, 0.29) is 5.91 Å². The summed E-state index contributed by atoms with van der Waals surface area (Å²) >= 11 is 3.06. The molecule has 0 unspecified atom stereocenters. The molecule has 0 saturated carbocycles. The van der Waals surface area contributed by atoms with E-state index in [4.69, 9.17) is 5.26 Å². The van der Waals surface area contributed by atoms with Gasteiger partial charge in [-0.05, 0) is 29.8 Å². The summed E-state index contributed by atoms with van der Waals surface area (Å²) in [4.78, 5) is 18.4. The van der Waals surface area contributed by atoms with E-state index in [1.807, 2.05) is 42.5 Å². The Morgan fingerprint density at radius 3 is 2.64 bits per heavy atom. The topological polar surface area (TPSA) is 65.8 Å². The highest BCUT2D eigenvalue weighted by molar-refractivity contribution is 7.99. The third-order valence-electron chi connectivity index (χ3n) is 3.39. The Kier molecular flexibility index (Phi) is 5.83. The van der Waals surface area contributed by atoms with Gasteiger partial charge in [-0.15, -0.1) is 11.8 Å². The van der Waals surface area contributed by atoms with Crippen molar-refractivity contribution in [3.63, 3.8) is 0 Å². The van der Waals surface area contributed by atoms with Crippen LogP contribution in [0, 0.1) is 11.3 Å². The standard InChI is InChI=1S/C19H15N3OS2/c20-12-14-6-8-16(9-7-14)24-11-10-18(23)22-19-21-13-17(25-19)15-4-2-1-3-5-15/h1-9,13H,10-11H2,(H,21,22,23). The molecule has 1 heterocycles. The first-order chi connectivity index (χ1) is 12.2. The van der Waals surface area contributed by atoms with Crippen LogP contribution >= 0.6 is 23.1 Å². The van der Waals surface area contributed by atoms with Crippen LogP contribution in [-0.4, -0.2) is 16.6 Å². The Morgan fingerprint density at radius 1 is 1.16 bits per heavy atom. The zero-order valence-corrected chi connectivity index (χ0v) is 14.9. The molecule has 0 aliphatic heterocycles. The highest BCUT2D eigenvalue weighted by Gasteiger charge is 2.08. The Balaban J connectivity index is 1.48. The van der Waals surface area contributed by atoms with Crippen molar-refractivity contribution in [1.82, 2.24) is 4.98 Å². The van der Waals surface area contributed by atoms with Gasteiger partial charge in [0.1, 0.15) is 0 Å². The van der Waals surface area contributed by atoms with Crippen molar-refractivity contribution in [2.45, 2.75) is 11.3 Å². The second kappa shape index (κ2) is 8.47. The van der Waals surface area contributed by atoms with E-state index < -0.39 is 0 Å². The number of nitriles is 1. The molecule has 0 aliphatic rings. The van der Waals surface area contributed by atoms with Crippen LogP contribution in [0.25, 0.3) is 10.4 Å². The van der Waals surface area contributed by atoms with Gasteiger partial charge in [-0.3, -0.25) is 4.79 Å². The van der Waals surface area contributed by atoms with Gasteiger partial charge in [0.15, 0.2) is 5.13 Å². The minimum absolute atomic E-state index is 0.0462. The number of carbonyl (C=O) groups excluding carboxylic acids is 1. The van der Waals surface area contributed by atoms with Crippen molar-refractivity contribution in [3.8, 4) is 16.5 Å². The van der Waals surface area contributed by atoms with Crippen LogP contribution in [0.3, 0.4) is 0 Å². The summed E-state index contributed by atoms with van der Waals surface area (Å²) in [5, 5.41) is 12.2. The van der Waals surface area contributed by atoms with Crippen molar-refractivity contribution in [2.24, 2.45) is 0 Å². The number of thioether (sulfide) groups is 1. The Bertz CT molecular complexity index is 883. The van der Waals surface area contributed by atoms with Crippen LogP contribution in [0.4, 0.5) is 5.13 Å². The minimum atomic E-state index is -0.0462. The van der Waals surface area contributed by atoms with E-state index in [1.165, 1.54) is 11.3 Å². The van der Waals surface area contributed by atoms with Gasteiger partial charge in [0, 0.05) is 23.3 Å². The molecule has 6 heteroatoms. The lowest BCUT2D eigenvalue weighted by Gasteiger charge is -2.02. The number of rotatable bonds is 6. The number of hydrogen-bond acceptors (Lipinski definition) is 5. The predicted octanol–water partition coefficient (Wildman–Crippen LogP) is 4.80. The average Bonchev–Trinajstić information content (AvgIpc) is 3.11. The number of anilines is 1. The van der Waals surface area contributed by atoms with Crippen molar-refractivity contribution in [3.05, 3.63) is 66.4 Å². The van der Waals surface area contributed by atoms with E-state index in [0.29, 0.717) is 22.9 Å². The second-order valence-electron chi connectivity index (χ2n) is 5.18. The van der Waals surface area contributed by atoms with Crippen molar-refractivity contribution < 1.29 is 4.79 Å². The van der Waals surface area contributed by atoms with E-state index in [1.54, 1.807) is 30.1 Å². The summed E-state index contributed by atoms with van der Waals surface area (Å²) in [6.45, 7) is 0. The number of hydrogen-bond donors (Lipinski definition) is 1. The largest absolute Gasteiger partial charge is 0.302 e. The van der Waals surface area contributed by atoms with Crippen molar-refractivity contribution in [1.29, 1.82) is 5.26 Å². The highest BCUT2D eigenvalue weighted by atomic mass is 32.2. The monoisotopic (exact) mass is 365 g/mol. The van der Waals surface area contributed by atoms with E-state index >= 15 is 0 Å². The van der Waals surface area contributed by atoms with Crippen molar-refractivity contribution >= 4 is 34.1 Å². The van der Waals surface area contributed by atoms with Gasteiger partial charge in [0.2, 0.25) is 5.91 Å². The summed E-state index contributed by atoms with van der Waals surface area (Å²) in [5.41, 5.74) is 1.73. The average molecular weight is 365 g/mol. The molecule has 1 amide bonds. The second-order valence-corrected chi connectivity index (χ2v) is 7.38. The lowest BCUT2D eigenvalue weighted by atomic mass is 10.2. The van der Waals surface area contributed by atoms with Crippen molar-refractivity contribution in [2.75, 3.05) is 11.1 Å². The number of nitrogens with one attached hydrogen (secondary N) is 1. The number of nitrogens with zero attached hydrogens (tertiary/aromatic N) is 2. The fourth-order valence-corrected chi connectivity index (χ4v) is 3.83. The van der Waals surface area contributed by atoms with Gasteiger partial charge in [0.25, 0.3) is 0 Å². The number of benzene rings is 2. The molecule has 3 aromatic rings. The molecule has 1 N–H and O–H groups in total. The molecular weight excluding hydrogens is 350 g/mol. The molecule has 4 nitrogen and oxygen atoms in total. The molecular formula is C19H15N3OS2.